The summed E-state index contributed by atoms with van der Waals surface area (Å²) in [7, 11) is 1.93. The SMILES string of the molecule is CCCCCCN1CCC(C(=O)Cc2cc(C(=O)N3CCC(c4ccc(-c5cnn(C)c5)cc4)CC3)ccc2C)C1. The van der Waals surface area contributed by atoms with Gasteiger partial charge in [0.1, 0.15) is 5.78 Å². The molecule has 1 unspecified atom stereocenters. The molecule has 0 N–H and O–H groups in total. The third-order valence-corrected chi connectivity index (χ3v) is 9.22. The monoisotopic (exact) mass is 554 g/mol. The number of amides is 1. The summed E-state index contributed by atoms with van der Waals surface area (Å²) in [4.78, 5) is 31.1. The van der Waals surface area contributed by atoms with E-state index in [-0.39, 0.29) is 11.8 Å². The third-order valence-electron chi connectivity index (χ3n) is 9.22. The summed E-state index contributed by atoms with van der Waals surface area (Å²) < 4.78 is 1.82. The average molecular weight is 555 g/mol. The van der Waals surface area contributed by atoms with Gasteiger partial charge in [0.05, 0.1) is 6.20 Å². The van der Waals surface area contributed by atoms with Crippen LogP contribution in [-0.2, 0) is 18.3 Å². The van der Waals surface area contributed by atoms with Gasteiger partial charge in [-0.2, -0.15) is 5.10 Å². The predicted octanol–water partition coefficient (Wildman–Crippen LogP) is 6.43. The van der Waals surface area contributed by atoms with Crippen molar-refractivity contribution in [3.63, 3.8) is 0 Å². The number of unbranched alkanes of at least 4 members (excludes halogenated alkanes) is 3. The number of Topliss-reactive ketones (excluding diaryl/α,β-unsaturated/α-hetero) is 1. The van der Waals surface area contributed by atoms with Gasteiger partial charge in [-0.25, -0.2) is 0 Å². The molecule has 218 valence electrons. The Morgan fingerprint density at radius 3 is 2.41 bits per heavy atom. The lowest BCUT2D eigenvalue weighted by atomic mass is 9.88. The molecular formula is C35H46N4O2. The molecule has 1 amide bonds. The van der Waals surface area contributed by atoms with Crippen LogP contribution in [0.2, 0.25) is 0 Å². The van der Waals surface area contributed by atoms with Crippen LogP contribution in [0.15, 0.2) is 54.9 Å². The topological polar surface area (TPSA) is 58.4 Å². The number of carbonyl (C=O) groups excluding carboxylic acids is 2. The van der Waals surface area contributed by atoms with Crippen molar-refractivity contribution in [2.45, 2.75) is 71.1 Å². The number of benzene rings is 2. The molecule has 6 nitrogen and oxygen atoms in total. The molecule has 0 radical (unpaired) electrons. The second-order valence-electron chi connectivity index (χ2n) is 12.2. The van der Waals surface area contributed by atoms with Crippen LogP contribution in [0.4, 0.5) is 0 Å². The van der Waals surface area contributed by atoms with Crippen molar-refractivity contribution in [2.75, 3.05) is 32.7 Å². The van der Waals surface area contributed by atoms with Crippen molar-refractivity contribution in [1.29, 1.82) is 0 Å². The molecule has 3 aromatic rings. The Labute approximate surface area is 245 Å². The second kappa shape index (κ2) is 13.6. The highest BCUT2D eigenvalue weighted by atomic mass is 16.2. The molecule has 1 aromatic heterocycles. The highest BCUT2D eigenvalue weighted by molar-refractivity contribution is 5.95. The molecule has 3 heterocycles. The molecular weight excluding hydrogens is 508 g/mol. The number of rotatable bonds is 11. The van der Waals surface area contributed by atoms with Gasteiger partial charge < -0.3 is 9.80 Å². The van der Waals surface area contributed by atoms with Gasteiger partial charge in [-0.15, -0.1) is 0 Å². The van der Waals surface area contributed by atoms with E-state index in [1.807, 2.05) is 47.2 Å². The Hall–Kier alpha value is -3.25. The van der Waals surface area contributed by atoms with Crippen LogP contribution in [0.1, 0.15) is 84.8 Å². The van der Waals surface area contributed by atoms with Crippen molar-refractivity contribution < 1.29 is 9.59 Å². The summed E-state index contributed by atoms with van der Waals surface area (Å²) in [6.45, 7) is 8.84. The first kappa shape index (κ1) is 29.2. The Morgan fingerprint density at radius 1 is 0.927 bits per heavy atom. The van der Waals surface area contributed by atoms with Crippen LogP contribution in [0.5, 0.6) is 0 Å². The predicted molar refractivity (Wildman–Crippen MR) is 165 cm³/mol. The molecule has 1 atom stereocenters. The first-order chi connectivity index (χ1) is 19.9. The second-order valence-corrected chi connectivity index (χ2v) is 12.2. The number of nitrogens with zero attached hydrogens (tertiary/aromatic N) is 4. The lowest BCUT2D eigenvalue weighted by molar-refractivity contribution is -0.121. The van der Waals surface area contributed by atoms with Gasteiger partial charge in [0.25, 0.3) is 5.91 Å². The van der Waals surface area contributed by atoms with E-state index in [0.29, 0.717) is 23.7 Å². The molecule has 0 spiro atoms. The van der Waals surface area contributed by atoms with E-state index in [0.717, 1.165) is 68.7 Å². The van der Waals surface area contributed by atoms with E-state index in [2.05, 4.69) is 48.1 Å². The Bertz CT molecular complexity index is 1320. The molecule has 2 aliphatic heterocycles. The van der Waals surface area contributed by atoms with Crippen molar-refractivity contribution in [1.82, 2.24) is 19.6 Å². The number of aryl methyl sites for hydroxylation is 2. The highest BCUT2D eigenvalue weighted by Crippen LogP contribution is 2.31. The van der Waals surface area contributed by atoms with E-state index in [1.165, 1.54) is 36.8 Å². The fourth-order valence-corrected chi connectivity index (χ4v) is 6.50. The number of likely N-dealkylation sites (tertiary alicyclic amines) is 2. The maximum atomic E-state index is 13.5. The maximum absolute atomic E-state index is 13.5. The number of hydrogen-bond donors (Lipinski definition) is 0. The molecule has 2 aliphatic rings. The van der Waals surface area contributed by atoms with E-state index >= 15 is 0 Å². The number of aromatic nitrogens is 2. The smallest absolute Gasteiger partial charge is 0.253 e. The number of carbonyl (C=O) groups is 2. The summed E-state index contributed by atoms with van der Waals surface area (Å²) in [5.74, 6) is 0.996. The third kappa shape index (κ3) is 7.34. The zero-order valence-corrected chi connectivity index (χ0v) is 25.1. The van der Waals surface area contributed by atoms with Gasteiger partial charge in [0.2, 0.25) is 0 Å². The van der Waals surface area contributed by atoms with Crippen LogP contribution >= 0.6 is 0 Å². The van der Waals surface area contributed by atoms with Crippen molar-refractivity contribution in [3.8, 4) is 11.1 Å². The summed E-state index contributed by atoms with van der Waals surface area (Å²) in [6.07, 6.45) is 12.3. The molecule has 2 fully saturated rings. The van der Waals surface area contributed by atoms with Crippen LogP contribution in [0.25, 0.3) is 11.1 Å². The average Bonchev–Trinajstić information content (AvgIpc) is 3.66. The van der Waals surface area contributed by atoms with Gasteiger partial charge in [-0.05, 0) is 86.0 Å². The highest BCUT2D eigenvalue weighted by Gasteiger charge is 2.29. The van der Waals surface area contributed by atoms with Crippen LogP contribution in [0.3, 0.4) is 0 Å². The van der Waals surface area contributed by atoms with Gasteiger partial charge in [-0.3, -0.25) is 14.3 Å². The molecule has 0 aliphatic carbocycles. The number of ketones is 1. The molecule has 2 aromatic carbocycles. The van der Waals surface area contributed by atoms with Crippen LogP contribution in [-0.4, -0.2) is 64.0 Å². The summed E-state index contributed by atoms with van der Waals surface area (Å²) in [5, 5.41) is 4.27. The zero-order valence-electron chi connectivity index (χ0n) is 25.1. The summed E-state index contributed by atoms with van der Waals surface area (Å²) in [5.41, 5.74) is 6.45. The number of piperidine rings is 1. The normalized spacial score (nSPS) is 18.2. The molecule has 0 saturated carbocycles. The lowest BCUT2D eigenvalue weighted by Crippen LogP contribution is -2.38. The van der Waals surface area contributed by atoms with E-state index in [4.69, 9.17) is 0 Å². The Morgan fingerprint density at radius 2 is 1.71 bits per heavy atom. The quantitative estimate of drug-likeness (QED) is 0.256. The summed E-state index contributed by atoms with van der Waals surface area (Å²) in [6, 6.07) is 14.7. The zero-order chi connectivity index (χ0) is 28.8. The van der Waals surface area contributed by atoms with E-state index < -0.39 is 0 Å². The Balaban J connectivity index is 1.13. The van der Waals surface area contributed by atoms with E-state index in [1.54, 1.807) is 0 Å². The van der Waals surface area contributed by atoms with Crippen LogP contribution < -0.4 is 0 Å². The minimum Gasteiger partial charge on any atom is -0.339 e. The fraction of sp³-hybridized carbons (Fsp3) is 0.514. The van der Waals surface area contributed by atoms with Gasteiger partial charge in [-0.1, -0.05) is 56.5 Å². The van der Waals surface area contributed by atoms with Crippen molar-refractivity contribution in [3.05, 3.63) is 77.1 Å². The molecule has 41 heavy (non-hydrogen) atoms. The van der Waals surface area contributed by atoms with Crippen LogP contribution in [0, 0.1) is 12.8 Å². The lowest BCUT2D eigenvalue weighted by Gasteiger charge is -2.32. The molecule has 5 rings (SSSR count). The van der Waals surface area contributed by atoms with Gasteiger partial charge in [0, 0.05) is 56.3 Å². The standard InChI is InChI=1S/C35H46N4O2/c1-4-5-6-7-17-38-18-14-31(25-38)34(40)22-32-21-30(9-8-26(32)2)35(41)39-19-15-29(16-20-39)27-10-12-28(13-11-27)33-23-36-37(3)24-33/h8-13,21,23-24,29,31H,4-7,14-20,22,25H2,1-3H3. The van der Waals surface area contributed by atoms with Gasteiger partial charge >= 0.3 is 0 Å². The molecule has 2 saturated heterocycles. The Kier molecular flexibility index (Phi) is 9.71. The fourth-order valence-electron chi connectivity index (χ4n) is 6.50. The summed E-state index contributed by atoms with van der Waals surface area (Å²) >= 11 is 0. The number of hydrogen-bond acceptors (Lipinski definition) is 4. The van der Waals surface area contributed by atoms with Gasteiger partial charge in [0.15, 0.2) is 0 Å². The molecule has 6 heteroatoms. The first-order valence-corrected chi connectivity index (χ1v) is 15.6. The largest absolute Gasteiger partial charge is 0.339 e. The van der Waals surface area contributed by atoms with Crippen molar-refractivity contribution >= 4 is 11.7 Å². The minimum absolute atomic E-state index is 0.0863. The maximum Gasteiger partial charge on any atom is 0.253 e. The molecule has 0 bridgehead atoms. The van der Waals surface area contributed by atoms with Crippen molar-refractivity contribution in [2.24, 2.45) is 13.0 Å². The first-order valence-electron chi connectivity index (χ1n) is 15.6. The minimum atomic E-state index is 0.0863. The van der Waals surface area contributed by atoms with E-state index in [9.17, 15) is 9.59 Å².